The molecule has 5 aromatic rings. The third-order valence-corrected chi connectivity index (χ3v) is 9.18. The van der Waals surface area contributed by atoms with Crippen molar-refractivity contribution in [2.45, 2.75) is 38.5 Å². The molecule has 0 fully saturated rings. The van der Waals surface area contributed by atoms with Crippen molar-refractivity contribution in [2.75, 3.05) is 0 Å². The van der Waals surface area contributed by atoms with Crippen LogP contribution in [0.3, 0.4) is 0 Å². The van der Waals surface area contributed by atoms with E-state index in [1.165, 1.54) is 44.5 Å². The fourth-order valence-electron chi connectivity index (χ4n) is 6.14. The molecule has 2 aliphatic carbocycles. The second-order valence-electron chi connectivity index (χ2n) is 11.1. The monoisotopic (exact) mass is 610 g/mol. The maximum atomic E-state index is 6.27. The van der Waals surface area contributed by atoms with E-state index in [1.54, 1.807) is 0 Å². The summed E-state index contributed by atoms with van der Waals surface area (Å²) in [6.07, 6.45) is 0. The highest BCUT2D eigenvalue weighted by Crippen LogP contribution is 2.51. The second kappa shape index (κ2) is 7.75. The van der Waals surface area contributed by atoms with Gasteiger partial charge in [0.15, 0.2) is 0 Å². The Kier molecular flexibility index (Phi) is 4.84. The van der Waals surface area contributed by atoms with E-state index in [4.69, 9.17) is 4.42 Å². The number of fused-ring (bicyclic) bond motifs is 6. The molecule has 7 rings (SSSR count). The van der Waals surface area contributed by atoms with Gasteiger partial charge in [-0.25, -0.2) is 0 Å². The Morgan fingerprint density at radius 3 is 1.27 bits per heavy atom. The van der Waals surface area contributed by atoms with Gasteiger partial charge in [-0.05, 0) is 93.0 Å². The molecule has 1 heterocycles. The van der Waals surface area contributed by atoms with Crippen LogP contribution in [0.25, 0.3) is 45.2 Å². The van der Waals surface area contributed by atoms with Gasteiger partial charge in [0.2, 0.25) is 11.8 Å². The number of nitrogens with zero attached hydrogens (tertiary/aromatic N) is 2. The van der Waals surface area contributed by atoms with Crippen LogP contribution in [-0.2, 0) is 10.8 Å². The average Bonchev–Trinajstić information content (AvgIpc) is 3.51. The minimum absolute atomic E-state index is 0.108. The first-order valence-electron chi connectivity index (χ1n) is 12.4. The molecule has 0 radical (unpaired) electrons. The molecule has 182 valence electrons. The van der Waals surface area contributed by atoms with Gasteiger partial charge in [0.05, 0.1) is 0 Å². The molecule has 3 nitrogen and oxygen atoms in total. The lowest BCUT2D eigenvalue weighted by Crippen LogP contribution is -2.15. The zero-order chi connectivity index (χ0) is 25.7. The Balaban J connectivity index is 1.27. The van der Waals surface area contributed by atoms with Gasteiger partial charge in [0.25, 0.3) is 0 Å². The highest BCUT2D eigenvalue weighted by atomic mass is 79.9. The maximum absolute atomic E-state index is 6.27. The summed E-state index contributed by atoms with van der Waals surface area (Å²) in [7, 11) is 0. The molecular formula is C32H24Br2N2O. The molecule has 5 heteroatoms. The summed E-state index contributed by atoms with van der Waals surface area (Å²) in [5.74, 6) is 1.08. The zero-order valence-electron chi connectivity index (χ0n) is 21.0. The molecule has 1 aromatic heterocycles. The van der Waals surface area contributed by atoms with Crippen LogP contribution in [0.15, 0.2) is 86.2 Å². The third-order valence-electron chi connectivity index (χ3n) is 8.19. The Morgan fingerprint density at radius 1 is 0.514 bits per heavy atom. The highest BCUT2D eigenvalue weighted by Gasteiger charge is 2.37. The molecule has 0 N–H and O–H groups in total. The number of benzene rings is 4. The van der Waals surface area contributed by atoms with Gasteiger partial charge in [0, 0.05) is 30.9 Å². The molecule has 37 heavy (non-hydrogen) atoms. The predicted molar refractivity (Wildman–Crippen MR) is 156 cm³/mol. The van der Waals surface area contributed by atoms with Crippen molar-refractivity contribution in [3.05, 3.63) is 104 Å². The molecule has 0 spiro atoms. The molecule has 0 atom stereocenters. The van der Waals surface area contributed by atoms with Crippen LogP contribution in [-0.4, -0.2) is 10.2 Å². The first kappa shape index (κ1) is 23.1. The molecule has 0 bridgehead atoms. The summed E-state index contributed by atoms with van der Waals surface area (Å²) in [5.41, 5.74) is 12.0. The zero-order valence-corrected chi connectivity index (χ0v) is 24.2. The number of rotatable bonds is 2. The topological polar surface area (TPSA) is 38.9 Å². The van der Waals surface area contributed by atoms with Crippen molar-refractivity contribution in [1.82, 2.24) is 10.2 Å². The van der Waals surface area contributed by atoms with Crippen LogP contribution in [0.2, 0.25) is 0 Å². The number of hydrogen-bond donors (Lipinski definition) is 0. The van der Waals surface area contributed by atoms with E-state index in [2.05, 4.69) is 143 Å². The van der Waals surface area contributed by atoms with E-state index in [-0.39, 0.29) is 10.8 Å². The summed E-state index contributed by atoms with van der Waals surface area (Å²) in [4.78, 5) is 0. The minimum Gasteiger partial charge on any atom is -0.416 e. The van der Waals surface area contributed by atoms with E-state index in [1.807, 2.05) is 0 Å². The largest absolute Gasteiger partial charge is 0.416 e. The van der Waals surface area contributed by atoms with Crippen LogP contribution in [0.5, 0.6) is 0 Å². The quantitative estimate of drug-likeness (QED) is 0.199. The van der Waals surface area contributed by atoms with Gasteiger partial charge < -0.3 is 4.42 Å². The standard InChI is InChI=1S/C32H24Br2N2O/c1-31(2)25-13-17(5-9-21(25)23-11-7-19(33)15-27(23)31)29-35-36-30(37-29)18-6-10-22-24-12-8-20(34)16-28(24)32(3,4)26(22)14-18/h5-16H,1-4H3. The fourth-order valence-corrected chi connectivity index (χ4v) is 6.86. The number of halogens is 2. The lowest BCUT2D eigenvalue weighted by molar-refractivity contribution is 0.583. The third kappa shape index (κ3) is 3.30. The summed E-state index contributed by atoms with van der Waals surface area (Å²) < 4.78 is 8.47. The molecular weight excluding hydrogens is 588 g/mol. The summed E-state index contributed by atoms with van der Waals surface area (Å²) in [5, 5.41) is 8.90. The predicted octanol–water partition coefficient (Wildman–Crippen LogP) is 9.54. The maximum Gasteiger partial charge on any atom is 0.248 e. The van der Waals surface area contributed by atoms with Crippen molar-refractivity contribution in [1.29, 1.82) is 0 Å². The van der Waals surface area contributed by atoms with Crippen molar-refractivity contribution in [3.8, 4) is 45.2 Å². The van der Waals surface area contributed by atoms with Crippen LogP contribution < -0.4 is 0 Å². The smallest absolute Gasteiger partial charge is 0.248 e. The Bertz CT molecular complexity index is 1640. The van der Waals surface area contributed by atoms with Crippen LogP contribution in [0, 0.1) is 0 Å². The molecule has 4 aromatic carbocycles. The van der Waals surface area contributed by atoms with Crippen molar-refractivity contribution in [3.63, 3.8) is 0 Å². The van der Waals surface area contributed by atoms with E-state index in [9.17, 15) is 0 Å². The molecule has 2 aliphatic rings. The SMILES string of the molecule is CC1(C)c2cc(Br)ccc2-c2ccc(-c3nnc(-c4ccc5c(c4)C(C)(C)c4cc(Br)ccc4-5)o3)cc21. The number of hydrogen-bond acceptors (Lipinski definition) is 3. The summed E-state index contributed by atoms with van der Waals surface area (Å²) in [6.45, 7) is 9.10. The average molecular weight is 612 g/mol. The fraction of sp³-hybridized carbons (Fsp3) is 0.188. The van der Waals surface area contributed by atoms with Crippen molar-refractivity contribution >= 4 is 31.9 Å². The highest BCUT2D eigenvalue weighted by molar-refractivity contribution is 9.10. The van der Waals surface area contributed by atoms with Gasteiger partial charge in [-0.2, -0.15) is 0 Å². The van der Waals surface area contributed by atoms with E-state index in [0.717, 1.165) is 20.1 Å². The molecule has 0 unspecified atom stereocenters. The van der Waals surface area contributed by atoms with Gasteiger partial charge in [-0.3, -0.25) is 0 Å². The van der Waals surface area contributed by atoms with Gasteiger partial charge in [-0.15, -0.1) is 10.2 Å². The summed E-state index contributed by atoms with van der Waals surface area (Å²) in [6, 6.07) is 26.0. The summed E-state index contributed by atoms with van der Waals surface area (Å²) >= 11 is 7.28. The van der Waals surface area contributed by atoms with Crippen LogP contribution in [0.4, 0.5) is 0 Å². The van der Waals surface area contributed by atoms with Gasteiger partial charge >= 0.3 is 0 Å². The molecule has 0 aliphatic heterocycles. The molecule has 0 saturated heterocycles. The molecule has 0 amide bonds. The second-order valence-corrected chi connectivity index (χ2v) is 12.9. The first-order valence-corrected chi connectivity index (χ1v) is 14.0. The van der Waals surface area contributed by atoms with E-state index < -0.39 is 0 Å². The van der Waals surface area contributed by atoms with Crippen molar-refractivity contribution in [2.24, 2.45) is 0 Å². The molecule has 0 saturated carbocycles. The lowest BCUT2D eigenvalue weighted by atomic mass is 9.82. The number of aromatic nitrogens is 2. The lowest BCUT2D eigenvalue weighted by Gasteiger charge is -2.22. The van der Waals surface area contributed by atoms with E-state index in [0.29, 0.717) is 11.8 Å². The van der Waals surface area contributed by atoms with Crippen LogP contribution >= 0.6 is 31.9 Å². The van der Waals surface area contributed by atoms with Gasteiger partial charge in [-0.1, -0.05) is 83.8 Å². The van der Waals surface area contributed by atoms with Crippen LogP contribution in [0.1, 0.15) is 49.9 Å². The normalized spacial score (nSPS) is 15.7. The Hall–Kier alpha value is -3.02. The Morgan fingerprint density at radius 2 is 0.865 bits per heavy atom. The first-order chi connectivity index (χ1) is 17.6. The van der Waals surface area contributed by atoms with Crippen molar-refractivity contribution < 1.29 is 4.42 Å². The Labute approximate surface area is 233 Å². The minimum atomic E-state index is -0.108. The van der Waals surface area contributed by atoms with E-state index >= 15 is 0 Å². The van der Waals surface area contributed by atoms with Gasteiger partial charge in [0.1, 0.15) is 0 Å².